The van der Waals surface area contributed by atoms with Crippen LogP contribution in [0.25, 0.3) is 11.3 Å². The van der Waals surface area contributed by atoms with E-state index in [4.69, 9.17) is 11.6 Å². The number of H-pyrrole nitrogens is 1. The van der Waals surface area contributed by atoms with E-state index in [0.717, 1.165) is 12.0 Å². The third-order valence-corrected chi connectivity index (χ3v) is 3.37. The largest absolute Gasteiger partial charge is 0.348 e. The molecule has 0 aliphatic carbocycles. The molecule has 6 heteroatoms. The van der Waals surface area contributed by atoms with Gasteiger partial charge in [0.25, 0.3) is 5.91 Å². The first-order chi connectivity index (χ1) is 9.99. The average molecular weight is 306 g/mol. The molecule has 1 unspecified atom stereocenters. The van der Waals surface area contributed by atoms with Gasteiger partial charge >= 0.3 is 5.69 Å². The first-order valence-electron chi connectivity index (χ1n) is 6.67. The van der Waals surface area contributed by atoms with Gasteiger partial charge < -0.3 is 10.3 Å². The van der Waals surface area contributed by atoms with Crippen molar-refractivity contribution >= 4 is 17.5 Å². The van der Waals surface area contributed by atoms with E-state index in [1.165, 1.54) is 0 Å². The maximum atomic E-state index is 12.1. The van der Waals surface area contributed by atoms with Gasteiger partial charge in [-0.2, -0.15) is 4.98 Å². The van der Waals surface area contributed by atoms with Crippen molar-refractivity contribution in [3.8, 4) is 11.3 Å². The number of nitrogens with one attached hydrogen (secondary N) is 2. The fourth-order valence-corrected chi connectivity index (χ4v) is 1.88. The summed E-state index contributed by atoms with van der Waals surface area (Å²) >= 11 is 5.83. The molecule has 1 heterocycles. The van der Waals surface area contributed by atoms with Crippen LogP contribution in [0.4, 0.5) is 0 Å². The van der Waals surface area contributed by atoms with Crippen LogP contribution in [-0.4, -0.2) is 21.9 Å². The van der Waals surface area contributed by atoms with Gasteiger partial charge in [0, 0.05) is 16.6 Å². The van der Waals surface area contributed by atoms with Crippen LogP contribution in [0, 0.1) is 0 Å². The highest BCUT2D eigenvalue weighted by Crippen LogP contribution is 2.19. The molecular formula is C15H16ClN3O2. The normalized spacial score (nSPS) is 12.0. The van der Waals surface area contributed by atoms with Crippen molar-refractivity contribution in [1.29, 1.82) is 0 Å². The van der Waals surface area contributed by atoms with Gasteiger partial charge in [-0.3, -0.25) is 4.79 Å². The van der Waals surface area contributed by atoms with Crippen molar-refractivity contribution in [3.63, 3.8) is 0 Å². The van der Waals surface area contributed by atoms with Crippen LogP contribution in [0.2, 0.25) is 5.02 Å². The van der Waals surface area contributed by atoms with E-state index < -0.39 is 5.69 Å². The van der Waals surface area contributed by atoms with Crippen molar-refractivity contribution in [2.24, 2.45) is 0 Å². The van der Waals surface area contributed by atoms with Crippen molar-refractivity contribution < 1.29 is 4.79 Å². The van der Waals surface area contributed by atoms with Gasteiger partial charge in [0.05, 0.1) is 5.69 Å². The summed E-state index contributed by atoms with van der Waals surface area (Å²) in [6.45, 7) is 3.87. The maximum absolute atomic E-state index is 12.1. The maximum Gasteiger partial charge on any atom is 0.346 e. The van der Waals surface area contributed by atoms with E-state index in [-0.39, 0.29) is 17.6 Å². The van der Waals surface area contributed by atoms with Crippen LogP contribution in [0.3, 0.4) is 0 Å². The van der Waals surface area contributed by atoms with Crippen molar-refractivity contribution in [2.75, 3.05) is 0 Å². The minimum atomic E-state index is -0.559. The van der Waals surface area contributed by atoms with Gasteiger partial charge in [0.15, 0.2) is 0 Å². The molecule has 0 radical (unpaired) electrons. The summed E-state index contributed by atoms with van der Waals surface area (Å²) in [4.78, 5) is 30.0. The summed E-state index contributed by atoms with van der Waals surface area (Å²) in [6.07, 6.45) is 0.811. The molecule has 0 fully saturated rings. The molecule has 0 bridgehead atoms. The highest BCUT2D eigenvalue weighted by atomic mass is 35.5. The fourth-order valence-electron chi connectivity index (χ4n) is 1.75. The monoisotopic (exact) mass is 305 g/mol. The van der Waals surface area contributed by atoms with E-state index in [2.05, 4.69) is 15.3 Å². The number of benzene rings is 1. The molecular weight excluding hydrogens is 290 g/mol. The number of carbonyl (C=O) groups is 1. The second-order valence-corrected chi connectivity index (χ2v) is 5.21. The Labute approximate surface area is 127 Å². The molecule has 1 atom stereocenters. The third kappa shape index (κ3) is 3.92. The Hall–Kier alpha value is -2.14. The SMILES string of the molecule is CCC(C)NC(=O)c1cc(-c2ccc(Cl)cc2)nc(=O)[nH]1. The van der Waals surface area contributed by atoms with Crippen LogP contribution in [0.5, 0.6) is 0 Å². The smallest absolute Gasteiger partial charge is 0.346 e. The van der Waals surface area contributed by atoms with Gasteiger partial charge in [-0.15, -0.1) is 0 Å². The number of carbonyl (C=O) groups excluding carboxylic acids is 1. The van der Waals surface area contributed by atoms with Gasteiger partial charge in [0.2, 0.25) is 0 Å². The van der Waals surface area contributed by atoms with E-state index in [1.807, 2.05) is 13.8 Å². The molecule has 0 saturated carbocycles. The molecule has 2 rings (SSSR count). The highest BCUT2D eigenvalue weighted by molar-refractivity contribution is 6.30. The third-order valence-electron chi connectivity index (χ3n) is 3.12. The molecule has 2 N–H and O–H groups in total. The lowest BCUT2D eigenvalue weighted by atomic mass is 10.1. The van der Waals surface area contributed by atoms with Crippen LogP contribution in [0.15, 0.2) is 35.1 Å². The Kier molecular flexibility index (Phi) is 4.75. The predicted octanol–water partition coefficient (Wildman–Crippen LogP) is 2.62. The average Bonchev–Trinajstić information content (AvgIpc) is 2.47. The van der Waals surface area contributed by atoms with Crippen molar-refractivity contribution in [1.82, 2.24) is 15.3 Å². The standard InChI is InChI=1S/C15H16ClN3O2/c1-3-9(2)17-14(20)13-8-12(18-15(21)19-13)10-4-6-11(16)7-5-10/h4-9H,3H2,1-2H3,(H,17,20)(H,18,19,21). The molecule has 0 spiro atoms. The second kappa shape index (κ2) is 6.54. The molecule has 1 aromatic heterocycles. The Morgan fingerprint density at radius 3 is 2.67 bits per heavy atom. The first kappa shape index (κ1) is 15.3. The molecule has 110 valence electrons. The highest BCUT2D eigenvalue weighted by Gasteiger charge is 2.12. The van der Waals surface area contributed by atoms with Gasteiger partial charge in [-0.1, -0.05) is 30.7 Å². The lowest BCUT2D eigenvalue weighted by Crippen LogP contribution is -2.33. The fraction of sp³-hybridized carbons (Fsp3) is 0.267. The number of halogens is 1. The quantitative estimate of drug-likeness (QED) is 0.911. The Morgan fingerprint density at radius 1 is 1.38 bits per heavy atom. The number of hydrogen-bond acceptors (Lipinski definition) is 3. The topological polar surface area (TPSA) is 74.8 Å². The summed E-state index contributed by atoms with van der Waals surface area (Å²) < 4.78 is 0. The zero-order valence-electron chi connectivity index (χ0n) is 11.8. The summed E-state index contributed by atoms with van der Waals surface area (Å²) in [5, 5.41) is 3.40. The minimum absolute atomic E-state index is 0.0353. The first-order valence-corrected chi connectivity index (χ1v) is 7.05. The van der Waals surface area contributed by atoms with E-state index in [0.29, 0.717) is 10.7 Å². The van der Waals surface area contributed by atoms with Crippen molar-refractivity contribution in [3.05, 3.63) is 51.5 Å². The molecule has 1 aromatic carbocycles. The Morgan fingerprint density at radius 2 is 2.05 bits per heavy atom. The number of nitrogens with zero attached hydrogens (tertiary/aromatic N) is 1. The zero-order chi connectivity index (χ0) is 15.4. The van der Waals surface area contributed by atoms with E-state index in [9.17, 15) is 9.59 Å². The van der Waals surface area contributed by atoms with E-state index >= 15 is 0 Å². The molecule has 0 saturated heterocycles. The summed E-state index contributed by atoms with van der Waals surface area (Å²) in [5.41, 5.74) is 0.796. The Balaban J connectivity index is 2.35. The molecule has 2 aromatic rings. The van der Waals surface area contributed by atoms with Crippen LogP contribution in [-0.2, 0) is 0 Å². The lowest BCUT2D eigenvalue weighted by molar-refractivity contribution is 0.0934. The number of aromatic amines is 1. The van der Waals surface area contributed by atoms with Crippen LogP contribution in [0.1, 0.15) is 30.8 Å². The van der Waals surface area contributed by atoms with E-state index in [1.54, 1.807) is 30.3 Å². The van der Waals surface area contributed by atoms with Gasteiger partial charge in [-0.05, 0) is 31.5 Å². The minimum Gasteiger partial charge on any atom is -0.348 e. The van der Waals surface area contributed by atoms with Gasteiger partial charge in [0.1, 0.15) is 5.69 Å². The Bertz CT molecular complexity index is 695. The molecule has 0 aliphatic rings. The van der Waals surface area contributed by atoms with Crippen LogP contribution >= 0.6 is 11.6 Å². The van der Waals surface area contributed by atoms with Crippen LogP contribution < -0.4 is 11.0 Å². The number of hydrogen-bond donors (Lipinski definition) is 2. The second-order valence-electron chi connectivity index (χ2n) is 4.77. The zero-order valence-corrected chi connectivity index (χ0v) is 12.6. The predicted molar refractivity (Wildman–Crippen MR) is 82.5 cm³/mol. The lowest BCUT2D eigenvalue weighted by Gasteiger charge is -2.11. The summed E-state index contributed by atoms with van der Waals surface area (Å²) in [7, 11) is 0. The molecule has 21 heavy (non-hydrogen) atoms. The summed E-state index contributed by atoms with van der Waals surface area (Å²) in [5.74, 6) is -0.320. The molecule has 0 aliphatic heterocycles. The summed E-state index contributed by atoms with van der Waals surface area (Å²) in [6, 6.07) is 8.51. The molecule has 5 nitrogen and oxygen atoms in total. The number of aromatic nitrogens is 2. The number of amides is 1. The molecule has 1 amide bonds. The van der Waals surface area contributed by atoms with Gasteiger partial charge in [-0.25, -0.2) is 4.79 Å². The number of rotatable bonds is 4. The van der Waals surface area contributed by atoms with Crippen molar-refractivity contribution in [2.45, 2.75) is 26.3 Å².